The second kappa shape index (κ2) is 10.2. The molecule has 1 saturated heterocycles. The quantitative estimate of drug-likeness (QED) is 0.292. The molecule has 1 aliphatic heterocycles. The minimum Gasteiger partial charge on any atom is -0.461 e. The number of carbonyl (C=O) groups excluding carboxylic acids is 1. The van der Waals surface area contributed by atoms with E-state index in [-0.39, 0.29) is 33.5 Å². The first-order chi connectivity index (χ1) is 19.7. The van der Waals surface area contributed by atoms with Gasteiger partial charge in [-0.2, -0.15) is 0 Å². The number of rotatable bonds is 5. The van der Waals surface area contributed by atoms with Crippen molar-refractivity contribution in [2.75, 3.05) is 13.2 Å². The number of carbonyl (C=O) groups is 1. The van der Waals surface area contributed by atoms with Crippen LogP contribution >= 0.6 is 0 Å². The van der Waals surface area contributed by atoms with Crippen molar-refractivity contribution >= 4 is 5.97 Å². The van der Waals surface area contributed by atoms with Crippen LogP contribution in [-0.4, -0.2) is 41.6 Å². The Morgan fingerprint density at radius 2 is 1.71 bits per heavy atom. The summed E-state index contributed by atoms with van der Waals surface area (Å²) in [6.45, 7) is 17.7. The molecular formula is C37H54O5. The molecule has 3 saturated carbocycles. The van der Waals surface area contributed by atoms with Gasteiger partial charge in [0.15, 0.2) is 0 Å². The third-order valence-electron chi connectivity index (χ3n) is 14.3. The number of ether oxygens (including phenoxy) is 2. The Labute approximate surface area is 253 Å². The van der Waals surface area contributed by atoms with Crippen molar-refractivity contribution in [2.24, 2.45) is 56.7 Å². The van der Waals surface area contributed by atoms with Gasteiger partial charge in [-0.1, -0.05) is 90.4 Å². The fraction of sp³-hybridized carbons (Fsp3) is 0.757. The highest BCUT2D eigenvalue weighted by Gasteiger charge is 2.71. The molecule has 2 bridgehead atoms. The Morgan fingerprint density at radius 3 is 2.40 bits per heavy atom. The molecule has 1 aromatic rings. The molecule has 0 unspecified atom stereocenters. The van der Waals surface area contributed by atoms with Crippen LogP contribution < -0.4 is 0 Å². The van der Waals surface area contributed by atoms with Crippen molar-refractivity contribution in [2.45, 2.75) is 106 Å². The third-order valence-corrected chi connectivity index (χ3v) is 14.3. The molecular weight excluding hydrogens is 524 g/mol. The number of allylic oxidation sites excluding steroid dienone is 1. The van der Waals surface area contributed by atoms with E-state index in [2.05, 4.69) is 54.5 Å². The van der Waals surface area contributed by atoms with Crippen LogP contribution in [-0.2, 0) is 20.9 Å². The maximum Gasteiger partial charge on any atom is 0.310 e. The summed E-state index contributed by atoms with van der Waals surface area (Å²) in [5.74, 6) is 1.19. The summed E-state index contributed by atoms with van der Waals surface area (Å²) < 4.78 is 12.5. The molecule has 0 radical (unpaired) electrons. The molecule has 42 heavy (non-hydrogen) atoms. The van der Waals surface area contributed by atoms with Crippen molar-refractivity contribution in [1.29, 1.82) is 0 Å². The van der Waals surface area contributed by atoms with Crippen LogP contribution in [0, 0.1) is 56.7 Å². The van der Waals surface area contributed by atoms with Crippen molar-refractivity contribution in [3.63, 3.8) is 0 Å². The van der Waals surface area contributed by atoms with Crippen molar-refractivity contribution in [1.82, 2.24) is 0 Å². The lowest BCUT2D eigenvalue weighted by Gasteiger charge is -2.71. The molecule has 0 amide bonds. The highest BCUT2D eigenvalue weighted by atomic mass is 16.5. The number of fused-ring (bicyclic) bond motifs is 3. The Balaban J connectivity index is 1.42. The van der Waals surface area contributed by atoms with E-state index in [1.54, 1.807) is 0 Å². The van der Waals surface area contributed by atoms with Gasteiger partial charge >= 0.3 is 5.97 Å². The zero-order valence-electron chi connectivity index (χ0n) is 27.0. The minimum absolute atomic E-state index is 0.0456. The van der Waals surface area contributed by atoms with Gasteiger partial charge in [0.2, 0.25) is 0 Å². The Kier molecular flexibility index (Phi) is 7.35. The Hall–Kier alpha value is -1.69. The molecule has 5 nitrogen and oxygen atoms in total. The van der Waals surface area contributed by atoms with Gasteiger partial charge in [0, 0.05) is 10.8 Å². The number of hydrogen-bond donors (Lipinski definition) is 2. The Morgan fingerprint density at radius 1 is 1.00 bits per heavy atom. The summed E-state index contributed by atoms with van der Waals surface area (Å²) in [4.78, 5) is 14.5. The maximum atomic E-state index is 14.5. The molecule has 0 aromatic heterocycles. The van der Waals surface area contributed by atoms with Crippen molar-refractivity contribution in [3.05, 3.63) is 47.5 Å². The summed E-state index contributed by atoms with van der Waals surface area (Å²) >= 11 is 0. The lowest BCUT2D eigenvalue weighted by Crippen LogP contribution is -2.69. The molecule has 0 spiro atoms. The van der Waals surface area contributed by atoms with E-state index in [1.165, 1.54) is 5.57 Å². The fourth-order valence-electron chi connectivity index (χ4n) is 11.4. The molecule has 11 atom stereocenters. The molecule has 4 aliphatic carbocycles. The maximum absolute atomic E-state index is 14.5. The normalized spacial score (nSPS) is 47.0. The summed E-state index contributed by atoms with van der Waals surface area (Å²) in [5.41, 5.74) is 1.27. The van der Waals surface area contributed by atoms with Gasteiger partial charge in [-0.05, 0) is 84.0 Å². The number of hydrogen-bond acceptors (Lipinski definition) is 5. The second-order valence-electron chi connectivity index (χ2n) is 16.3. The van der Waals surface area contributed by atoms with Gasteiger partial charge in [-0.25, -0.2) is 0 Å². The van der Waals surface area contributed by atoms with E-state index >= 15 is 0 Å². The van der Waals surface area contributed by atoms with Gasteiger partial charge in [0.05, 0.1) is 31.3 Å². The highest BCUT2D eigenvalue weighted by Crippen LogP contribution is 2.74. The molecule has 232 valence electrons. The lowest BCUT2D eigenvalue weighted by atomic mass is 9.34. The SMILES string of the molecule is CC(C)[C@@H](C)[C@@]1(C)CC[C@]2(C)[C@H]3CC[C@@H]4[C@@]5(COC[C@]4(C)[C@@H](O)[C@H](O)C5)C3=CC[C@@]2(C)[C@@H]1C(=O)OCc1ccccc1. The highest BCUT2D eigenvalue weighted by molar-refractivity contribution is 5.75. The largest absolute Gasteiger partial charge is 0.461 e. The zero-order valence-corrected chi connectivity index (χ0v) is 27.0. The van der Waals surface area contributed by atoms with Gasteiger partial charge in [0.1, 0.15) is 6.61 Å². The van der Waals surface area contributed by atoms with E-state index in [4.69, 9.17) is 9.47 Å². The number of benzene rings is 1. The van der Waals surface area contributed by atoms with Crippen LogP contribution in [0.3, 0.4) is 0 Å². The summed E-state index contributed by atoms with van der Waals surface area (Å²) in [7, 11) is 0. The van der Waals surface area contributed by atoms with E-state index in [1.807, 2.05) is 30.3 Å². The fourth-order valence-corrected chi connectivity index (χ4v) is 11.4. The third kappa shape index (κ3) is 4.01. The van der Waals surface area contributed by atoms with Crippen LogP contribution in [0.25, 0.3) is 0 Å². The smallest absolute Gasteiger partial charge is 0.310 e. The molecule has 4 fully saturated rings. The van der Waals surface area contributed by atoms with Gasteiger partial charge in [-0.15, -0.1) is 0 Å². The van der Waals surface area contributed by atoms with Crippen LogP contribution in [0.5, 0.6) is 0 Å². The van der Waals surface area contributed by atoms with Crippen molar-refractivity contribution in [3.8, 4) is 0 Å². The van der Waals surface area contributed by atoms with E-state index in [9.17, 15) is 15.0 Å². The lowest BCUT2D eigenvalue weighted by molar-refractivity contribution is -0.253. The van der Waals surface area contributed by atoms with Crippen LogP contribution in [0.2, 0.25) is 0 Å². The summed E-state index contributed by atoms with van der Waals surface area (Å²) in [6.07, 6.45) is 6.53. The van der Waals surface area contributed by atoms with Crippen LogP contribution in [0.15, 0.2) is 42.0 Å². The molecule has 5 heteroatoms. The van der Waals surface area contributed by atoms with Gasteiger partial charge in [-0.3, -0.25) is 4.79 Å². The van der Waals surface area contributed by atoms with Gasteiger partial charge in [0.25, 0.3) is 0 Å². The summed E-state index contributed by atoms with van der Waals surface area (Å²) in [5, 5.41) is 22.3. The second-order valence-corrected chi connectivity index (χ2v) is 16.3. The number of aliphatic hydroxyl groups excluding tert-OH is 2. The predicted molar refractivity (Wildman–Crippen MR) is 164 cm³/mol. The van der Waals surface area contributed by atoms with Crippen molar-refractivity contribution < 1.29 is 24.5 Å². The van der Waals surface area contributed by atoms with Crippen LogP contribution in [0.4, 0.5) is 0 Å². The van der Waals surface area contributed by atoms with Crippen LogP contribution in [0.1, 0.15) is 92.6 Å². The topological polar surface area (TPSA) is 76.0 Å². The number of esters is 1. The van der Waals surface area contributed by atoms with Gasteiger partial charge < -0.3 is 19.7 Å². The molecule has 2 N–H and O–H groups in total. The zero-order chi connectivity index (χ0) is 30.3. The summed E-state index contributed by atoms with van der Waals surface area (Å²) in [6, 6.07) is 10.0. The first-order valence-corrected chi connectivity index (χ1v) is 16.6. The monoisotopic (exact) mass is 578 g/mol. The number of aliphatic hydroxyl groups is 2. The standard InChI is InChI=1S/C37H54O5/c1-23(2)24(3)33(4)17-18-35(6)26-13-14-29-34(5)21-41-22-37(29,19-28(38)31(34)39)27(26)15-16-36(35,7)30(33)32(40)42-20-25-11-9-8-10-12-25/h8-12,15,23-24,26,28-31,38-39H,13-14,16-22H2,1-7H3/t24-,26+,28-,29+,30-,31+,33-,34+,35-,36+,37+/m1/s1. The molecule has 5 aliphatic rings. The Bertz CT molecular complexity index is 1230. The average molecular weight is 579 g/mol. The minimum atomic E-state index is -0.755. The van der Waals surface area contributed by atoms with E-state index < -0.39 is 17.6 Å². The molecule has 1 aromatic carbocycles. The van der Waals surface area contributed by atoms with E-state index in [0.29, 0.717) is 49.9 Å². The van der Waals surface area contributed by atoms with E-state index in [0.717, 1.165) is 37.7 Å². The molecule has 6 rings (SSSR count). The predicted octanol–water partition coefficient (Wildman–Crippen LogP) is 6.96. The first kappa shape index (κ1) is 30.3. The first-order valence-electron chi connectivity index (χ1n) is 16.6. The molecule has 1 heterocycles. The average Bonchev–Trinajstić information content (AvgIpc) is 2.95.